The van der Waals surface area contributed by atoms with Crippen LogP contribution in [-0.4, -0.2) is 30.4 Å². The number of nitrogens with zero attached hydrogens (tertiary/aromatic N) is 2. The number of para-hydroxylation sites is 1. The van der Waals surface area contributed by atoms with Crippen LogP contribution < -0.4 is 10.0 Å². The summed E-state index contributed by atoms with van der Waals surface area (Å²) in [4.78, 5) is 16.3. The molecule has 152 valence electrons. The van der Waals surface area contributed by atoms with Crippen LogP contribution in [-0.2, 0) is 16.6 Å². The Bertz CT molecular complexity index is 1100. The number of imidazole rings is 1. The second-order valence-electron chi connectivity index (χ2n) is 6.47. The highest BCUT2D eigenvalue weighted by atomic mass is 32.2. The molecule has 1 heterocycles. The fraction of sp³-hybridized carbons (Fsp3) is 0.200. The van der Waals surface area contributed by atoms with Crippen LogP contribution >= 0.6 is 0 Å². The van der Waals surface area contributed by atoms with Crippen molar-refractivity contribution in [2.45, 2.75) is 24.8 Å². The summed E-state index contributed by atoms with van der Waals surface area (Å²) in [5.41, 5.74) is 0.659. The molecular formula is C20H21FN4O3S. The summed E-state index contributed by atoms with van der Waals surface area (Å²) < 4.78 is 43.3. The molecule has 0 saturated carbocycles. The molecule has 0 spiro atoms. The Morgan fingerprint density at radius 1 is 1.21 bits per heavy atom. The Hall–Kier alpha value is -3.20. The molecule has 0 saturated heterocycles. The number of carbonyl (C=O) groups excluding carboxylic acids is 1. The molecule has 0 bridgehead atoms. The average Bonchev–Trinajstić information content (AvgIpc) is 3.21. The van der Waals surface area contributed by atoms with Crippen molar-refractivity contribution >= 4 is 21.6 Å². The molecular weight excluding hydrogens is 395 g/mol. The Morgan fingerprint density at radius 2 is 2.00 bits per heavy atom. The Morgan fingerprint density at radius 3 is 2.72 bits per heavy atom. The van der Waals surface area contributed by atoms with Crippen molar-refractivity contribution in [1.82, 2.24) is 14.9 Å². The number of benzene rings is 2. The number of rotatable bonds is 8. The molecule has 1 amide bonds. The SMILES string of the molecule is Cc1ccc(S(=O)(=O)Nc2ccccc2C(=O)NCCCn2ccnc2)cc1F. The molecule has 0 aliphatic carbocycles. The van der Waals surface area contributed by atoms with E-state index in [0.717, 1.165) is 6.07 Å². The van der Waals surface area contributed by atoms with Gasteiger partial charge in [-0.3, -0.25) is 9.52 Å². The molecule has 3 rings (SSSR count). The van der Waals surface area contributed by atoms with Gasteiger partial charge in [0, 0.05) is 25.5 Å². The van der Waals surface area contributed by atoms with E-state index in [4.69, 9.17) is 0 Å². The van der Waals surface area contributed by atoms with Crippen molar-refractivity contribution in [1.29, 1.82) is 0 Å². The molecule has 1 aromatic heterocycles. The lowest BCUT2D eigenvalue weighted by Crippen LogP contribution is -2.26. The maximum Gasteiger partial charge on any atom is 0.262 e. The van der Waals surface area contributed by atoms with Crippen molar-refractivity contribution in [2.75, 3.05) is 11.3 Å². The van der Waals surface area contributed by atoms with Crippen LogP contribution in [0.15, 0.2) is 66.1 Å². The van der Waals surface area contributed by atoms with Gasteiger partial charge in [0.05, 0.1) is 22.5 Å². The lowest BCUT2D eigenvalue weighted by Gasteiger charge is -2.13. The molecule has 9 heteroatoms. The van der Waals surface area contributed by atoms with E-state index in [-0.39, 0.29) is 16.1 Å². The maximum absolute atomic E-state index is 13.8. The van der Waals surface area contributed by atoms with Crippen molar-refractivity contribution < 1.29 is 17.6 Å². The first-order valence-corrected chi connectivity index (χ1v) is 10.5. The molecule has 2 N–H and O–H groups in total. The molecule has 3 aromatic rings. The summed E-state index contributed by atoms with van der Waals surface area (Å²) in [7, 11) is -4.04. The van der Waals surface area contributed by atoms with Crippen molar-refractivity contribution in [3.05, 3.63) is 78.1 Å². The number of nitrogens with one attached hydrogen (secondary N) is 2. The fourth-order valence-corrected chi connectivity index (χ4v) is 3.78. The normalized spacial score (nSPS) is 11.2. The second kappa shape index (κ2) is 8.87. The number of hydrogen-bond acceptors (Lipinski definition) is 4. The highest BCUT2D eigenvalue weighted by Crippen LogP contribution is 2.21. The summed E-state index contributed by atoms with van der Waals surface area (Å²) in [5.74, 6) is -1.01. The van der Waals surface area contributed by atoms with E-state index in [2.05, 4.69) is 15.0 Å². The summed E-state index contributed by atoms with van der Waals surface area (Å²) in [6.07, 6.45) is 5.90. The number of aryl methyl sites for hydroxylation is 2. The minimum Gasteiger partial charge on any atom is -0.352 e. The van der Waals surface area contributed by atoms with Gasteiger partial charge in [0.2, 0.25) is 0 Å². The van der Waals surface area contributed by atoms with E-state index in [1.165, 1.54) is 24.3 Å². The van der Waals surface area contributed by atoms with Gasteiger partial charge in [0.15, 0.2) is 0 Å². The molecule has 0 unspecified atom stereocenters. The summed E-state index contributed by atoms with van der Waals surface area (Å²) in [6.45, 7) is 2.67. The molecule has 0 fully saturated rings. The Labute approximate surface area is 168 Å². The number of aromatic nitrogens is 2. The van der Waals surface area contributed by atoms with Crippen LogP contribution in [0, 0.1) is 12.7 Å². The quantitative estimate of drug-likeness (QED) is 0.552. The summed E-state index contributed by atoms with van der Waals surface area (Å²) >= 11 is 0. The van der Waals surface area contributed by atoms with Gasteiger partial charge in [-0.25, -0.2) is 17.8 Å². The van der Waals surface area contributed by atoms with Crippen LogP contribution in [0.2, 0.25) is 0 Å². The second-order valence-corrected chi connectivity index (χ2v) is 8.15. The third kappa shape index (κ3) is 5.20. The van der Waals surface area contributed by atoms with E-state index in [1.807, 2.05) is 10.8 Å². The van der Waals surface area contributed by atoms with Crippen molar-refractivity contribution in [3.8, 4) is 0 Å². The zero-order valence-corrected chi connectivity index (χ0v) is 16.6. The largest absolute Gasteiger partial charge is 0.352 e. The monoisotopic (exact) mass is 416 g/mol. The summed E-state index contributed by atoms with van der Waals surface area (Å²) in [5, 5.41) is 2.78. The molecule has 0 radical (unpaired) electrons. The van der Waals surface area contributed by atoms with Gasteiger partial charge in [0.25, 0.3) is 15.9 Å². The lowest BCUT2D eigenvalue weighted by atomic mass is 10.1. The third-order valence-corrected chi connectivity index (χ3v) is 5.67. The zero-order chi connectivity index (χ0) is 20.9. The van der Waals surface area contributed by atoms with Crippen LogP contribution in [0.5, 0.6) is 0 Å². The smallest absolute Gasteiger partial charge is 0.262 e. The van der Waals surface area contributed by atoms with Crippen molar-refractivity contribution in [2.24, 2.45) is 0 Å². The van der Waals surface area contributed by atoms with E-state index in [0.29, 0.717) is 25.1 Å². The van der Waals surface area contributed by atoms with Crippen LogP contribution in [0.25, 0.3) is 0 Å². The van der Waals surface area contributed by atoms with Crippen molar-refractivity contribution in [3.63, 3.8) is 0 Å². The standard InChI is InChI=1S/C20H21FN4O3S/c1-15-7-8-16(13-18(15)21)29(27,28)24-19-6-3-2-5-17(19)20(26)23-9-4-11-25-12-10-22-14-25/h2-3,5-8,10,12-14,24H,4,9,11H2,1H3,(H,23,26). The minimum absolute atomic E-state index is 0.126. The van der Waals surface area contributed by atoms with Gasteiger partial charge < -0.3 is 9.88 Å². The number of halogens is 1. The van der Waals surface area contributed by atoms with Gasteiger partial charge in [-0.1, -0.05) is 18.2 Å². The van der Waals surface area contributed by atoms with E-state index < -0.39 is 21.7 Å². The van der Waals surface area contributed by atoms with Crippen LogP contribution in [0.1, 0.15) is 22.3 Å². The van der Waals surface area contributed by atoms with Gasteiger partial charge in [0.1, 0.15) is 5.82 Å². The maximum atomic E-state index is 13.8. The van der Waals surface area contributed by atoms with Crippen LogP contribution in [0.4, 0.5) is 10.1 Å². The molecule has 0 atom stereocenters. The topological polar surface area (TPSA) is 93.1 Å². The number of hydrogen-bond donors (Lipinski definition) is 2. The first-order chi connectivity index (χ1) is 13.9. The molecule has 0 aliphatic heterocycles. The molecule has 29 heavy (non-hydrogen) atoms. The van der Waals surface area contributed by atoms with E-state index >= 15 is 0 Å². The van der Waals surface area contributed by atoms with E-state index in [1.54, 1.807) is 31.6 Å². The number of carbonyl (C=O) groups is 1. The Balaban J connectivity index is 1.69. The minimum atomic E-state index is -4.04. The van der Waals surface area contributed by atoms with E-state index in [9.17, 15) is 17.6 Å². The average molecular weight is 416 g/mol. The number of anilines is 1. The van der Waals surface area contributed by atoms with Gasteiger partial charge in [-0.05, 0) is 43.2 Å². The molecule has 2 aromatic carbocycles. The third-order valence-electron chi connectivity index (χ3n) is 4.31. The lowest BCUT2D eigenvalue weighted by molar-refractivity contribution is 0.0953. The number of sulfonamides is 1. The summed E-state index contributed by atoms with van der Waals surface area (Å²) in [6, 6.07) is 9.94. The first kappa shape index (κ1) is 20.5. The predicted molar refractivity (Wildman–Crippen MR) is 108 cm³/mol. The van der Waals surface area contributed by atoms with Gasteiger partial charge in [-0.15, -0.1) is 0 Å². The molecule has 7 nitrogen and oxygen atoms in total. The first-order valence-electron chi connectivity index (χ1n) is 8.99. The highest BCUT2D eigenvalue weighted by Gasteiger charge is 2.19. The van der Waals surface area contributed by atoms with Gasteiger partial charge >= 0.3 is 0 Å². The zero-order valence-electron chi connectivity index (χ0n) is 15.8. The predicted octanol–water partition coefficient (Wildman–Crippen LogP) is 2.95. The highest BCUT2D eigenvalue weighted by molar-refractivity contribution is 7.92. The molecule has 0 aliphatic rings. The Kier molecular flexibility index (Phi) is 6.28. The fourth-order valence-electron chi connectivity index (χ4n) is 2.69. The van der Waals surface area contributed by atoms with Crippen LogP contribution in [0.3, 0.4) is 0 Å². The number of amides is 1. The van der Waals surface area contributed by atoms with Gasteiger partial charge in [-0.2, -0.15) is 0 Å².